The predicted octanol–water partition coefficient (Wildman–Crippen LogP) is 3.47. The van der Waals surface area contributed by atoms with E-state index in [-0.39, 0.29) is 17.6 Å². The number of aryl methyl sites for hydroxylation is 2. The van der Waals surface area contributed by atoms with Gasteiger partial charge in [0, 0.05) is 24.7 Å². The van der Waals surface area contributed by atoms with Crippen molar-refractivity contribution in [2.75, 3.05) is 11.1 Å². The number of amides is 2. The average Bonchev–Trinajstić information content (AvgIpc) is 2.74. The molecule has 2 amide bonds. The molecule has 0 saturated carbocycles. The fourth-order valence-corrected chi connectivity index (χ4v) is 2.79. The van der Waals surface area contributed by atoms with E-state index in [1.807, 2.05) is 43.3 Å². The largest absolute Gasteiger partial charge is 0.382 e. The minimum Gasteiger partial charge on any atom is -0.382 e. The maximum atomic E-state index is 12.3. The van der Waals surface area contributed by atoms with E-state index in [1.165, 1.54) is 5.56 Å². The van der Waals surface area contributed by atoms with Crippen LogP contribution in [0.15, 0.2) is 66.9 Å². The number of benzene rings is 2. The SMILES string of the molecule is Cc1ccc(CCC(=O)NCc2ccc(C(=O)Nc3cccnc3N)cc2)cc1. The third-order valence-electron chi connectivity index (χ3n) is 4.55. The number of nitrogens with one attached hydrogen (secondary N) is 2. The molecule has 0 aliphatic carbocycles. The van der Waals surface area contributed by atoms with Gasteiger partial charge < -0.3 is 16.4 Å². The van der Waals surface area contributed by atoms with Crippen LogP contribution in [0.4, 0.5) is 11.5 Å². The van der Waals surface area contributed by atoms with Gasteiger partial charge in [0.05, 0.1) is 5.69 Å². The van der Waals surface area contributed by atoms with Crippen LogP contribution in [0.1, 0.15) is 33.5 Å². The zero-order valence-corrected chi connectivity index (χ0v) is 16.3. The van der Waals surface area contributed by atoms with Gasteiger partial charge >= 0.3 is 0 Å². The number of aromatic nitrogens is 1. The van der Waals surface area contributed by atoms with Crippen molar-refractivity contribution in [1.29, 1.82) is 0 Å². The van der Waals surface area contributed by atoms with Crippen LogP contribution in [-0.4, -0.2) is 16.8 Å². The van der Waals surface area contributed by atoms with Gasteiger partial charge in [-0.1, -0.05) is 42.0 Å². The van der Waals surface area contributed by atoms with Gasteiger partial charge in [-0.15, -0.1) is 0 Å². The molecule has 0 atom stereocenters. The van der Waals surface area contributed by atoms with Crippen LogP contribution in [0, 0.1) is 6.92 Å². The summed E-state index contributed by atoms with van der Waals surface area (Å²) in [5.74, 6) is 0.00338. The summed E-state index contributed by atoms with van der Waals surface area (Å²) in [7, 11) is 0. The highest BCUT2D eigenvalue weighted by Crippen LogP contribution is 2.15. The van der Waals surface area contributed by atoms with Crippen molar-refractivity contribution < 1.29 is 9.59 Å². The van der Waals surface area contributed by atoms with Gasteiger partial charge in [-0.05, 0) is 48.7 Å². The number of hydrogen-bond donors (Lipinski definition) is 3. The van der Waals surface area contributed by atoms with Gasteiger partial charge in [-0.2, -0.15) is 0 Å². The first-order valence-electron chi connectivity index (χ1n) is 9.44. The molecule has 0 aliphatic rings. The van der Waals surface area contributed by atoms with Crippen molar-refractivity contribution in [3.63, 3.8) is 0 Å². The number of nitrogen functional groups attached to an aromatic ring is 1. The molecule has 1 heterocycles. The summed E-state index contributed by atoms with van der Waals surface area (Å²) in [6.45, 7) is 2.46. The van der Waals surface area contributed by atoms with Gasteiger partial charge in [-0.3, -0.25) is 9.59 Å². The molecular formula is C23H24N4O2. The number of hydrogen-bond acceptors (Lipinski definition) is 4. The van der Waals surface area contributed by atoms with Crippen LogP contribution >= 0.6 is 0 Å². The number of rotatable bonds is 7. The lowest BCUT2D eigenvalue weighted by Gasteiger charge is -2.09. The highest BCUT2D eigenvalue weighted by molar-refractivity contribution is 6.05. The van der Waals surface area contributed by atoms with E-state index < -0.39 is 0 Å². The van der Waals surface area contributed by atoms with Crippen LogP contribution in [0.3, 0.4) is 0 Å². The highest BCUT2D eigenvalue weighted by Gasteiger charge is 2.09. The number of nitrogens with zero attached hydrogens (tertiary/aromatic N) is 1. The third kappa shape index (κ3) is 5.90. The standard InChI is InChI=1S/C23H24N4O2/c1-16-4-6-17(7-5-16)10-13-21(28)26-15-18-8-11-19(12-9-18)23(29)27-20-3-2-14-25-22(20)24/h2-9,11-12,14H,10,13,15H2,1H3,(H2,24,25)(H,26,28)(H,27,29). The predicted molar refractivity (Wildman–Crippen MR) is 114 cm³/mol. The van der Waals surface area contributed by atoms with Crippen molar-refractivity contribution in [2.45, 2.75) is 26.3 Å². The van der Waals surface area contributed by atoms with Crippen molar-refractivity contribution in [1.82, 2.24) is 10.3 Å². The van der Waals surface area contributed by atoms with Gasteiger partial charge in [0.15, 0.2) is 0 Å². The number of carbonyl (C=O) groups excluding carboxylic acids is 2. The van der Waals surface area contributed by atoms with E-state index in [1.54, 1.807) is 30.5 Å². The summed E-state index contributed by atoms with van der Waals surface area (Å²) in [6.07, 6.45) is 2.72. The maximum Gasteiger partial charge on any atom is 0.255 e. The third-order valence-corrected chi connectivity index (χ3v) is 4.55. The summed E-state index contributed by atoms with van der Waals surface area (Å²) >= 11 is 0. The summed E-state index contributed by atoms with van der Waals surface area (Å²) in [6, 6.07) is 18.7. The fourth-order valence-electron chi connectivity index (χ4n) is 2.79. The number of carbonyl (C=O) groups is 2. The van der Waals surface area contributed by atoms with Crippen LogP contribution in [0.2, 0.25) is 0 Å². The van der Waals surface area contributed by atoms with Crippen LogP contribution < -0.4 is 16.4 Å². The Kier molecular flexibility index (Phi) is 6.58. The smallest absolute Gasteiger partial charge is 0.255 e. The minimum absolute atomic E-state index is 0.000512. The summed E-state index contributed by atoms with van der Waals surface area (Å²) in [5.41, 5.74) is 10.00. The van der Waals surface area contributed by atoms with Crippen molar-refractivity contribution in [3.05, 3.63) is 89.1 Å². The molecule has 0 radical (unpaired) electrons. The zero-order valence-electron chi connectivity index (χ0n) is 16.3. The molecule has 6 nitrogen and oxygen atoms in total. The normalized spacial score (nSPS) is 10.4. The Morgan fingerprint density at radius 2 is 1.66 bits per heavy atom. The summed E-state index contributed by atoms with van der Waals surface area (Å²) in [4.78, 5) is 28.3. The molecule has 4 N–H and O–H groups in total. The second kappa shape index (κ2) is 9.50. The van der Waals surface area contributed by atoms with Crippen LogP contribution in [0.25, 0.3) is 0 Å². The zero-order chi connectivity index (χ0) is 20.6. The van der Waals surface area contributed by atoms with Crippen molar-refractivity contribution >= 4 is 23.3 Å². The number of pyridine rings is 1. The lowest BCUT2D eigenvalue weighted by molar-refractivity contribution is -0.121. The quantitative estimate of drug-likeness (QED) is 0.577. The average molecular weight is 388 g/mol. The first-order chi connectivity index (χ1) is 14.0. The Bertz CT molecular complexity index is 983. The lowest BCUT2D eigenvalue weighted by atomic mass is 10.1. The Balaban J connectivity index is 1.47. The molecule has 1 aromatic heterocycles. The van der Waals surface area contributed by atoms with E-state index in [2.05, 4.69) is 15.6 Å². The molecule has 0 unspecified atom stereocenters. The molecule has 3 aromatic rings. The maximum absolute atomic E-state index is 12.3. The topological polar surface area (TPSA) is 97.1 Å². The molecule has 29 heavy (non-hydrogen) atoms. The minimum atomic E-state index is -0.265. The van der Waals surface area contributed by atoms with E-state index >= 15 is 0 Å². The number of anilines is 2. The van der Waals surface area contributed by atoms with E-state index in [4.69, 9.17) is 5.73 Å². The molecular weight excluding hydrogens is 364 g/mol. The molecule has 0 bridgehead atoms. The van der Waals surface area contributed by atoms with E-state index in [0.29, 0.717) is 30.6 Å². The summed E-state index contributed by atoms with van der Waals surface area (Å²) < 4.78 is 0. The van der Waals surface area contributed by atoms with Crippen LogP contribution in [-0.2, 0) is 17.8 Å². The molecule has 3 rings (SSSR count). The highest BCUT2D eigenvalue weighted by atomic mass is 16.2. The molecule has 0 spiro atoms. The first-order valence-corrected chi connectivity index (χ1v) is 9.44. The fraction of sp³-hybridized carbons (Fsp3) is 0.174. The van der Waals surface area contributed by atoms with Crippen molar-refractivity contribution in [3.8, 4) is 0 Å². The monoisotopic (exact) mass is 388 g/mol. The molecule has 0 aliphatic heterocycles. The Labute approximate surface area is 170 Å². The lowest BCUT2D eigenvalue weighted by Crippen LogP contribution is -2.23. The van der Waals surface area contributed by atoms with E-state index in [0.717, 1.165) is 11.1 Å². The summed E-state index contributed by atoms with van der Waals surface area (Å²) in [5, 5.41) is 5.65. The Morgan fingerprint density at radius 1 is 0.966 bits per heavy atom. The van der Waals surface area contributed by atoms with Gasteiger partial charge in [-0.25, -0.2) is 4.98 Å². The second-order valence-electron chi connectivity index (χ2n) is 6.85. The first kappa shape index (κ1) is 20.1. The van der Waals surface area contributed by atoms with Gasteiger partial charge in [0.25, 0.3) is 5.91 Å². The van der Waals surface area contributed by atoms with Gasteiger partial charge in [0.2, 0.25) is 5.91 Å². The van der Waals surface area contributed by atoms with Crippen molar-refractivity contribution in [2.24, 2.45) is 0 Å². The Hall–Kier alpha value is -3.67. The number of nitrogens with two attached hydrogens (primary N) is 1. The molecule has 0 saturated heterocycles. The molecule has 0 fully saturated rings. The molecule has 6 heteroatoms. The molecule has 2 aromatic carbocycles. The molecule has 148 valence electrons. The Morgan fingerprint density at radius 3 is 2.34 bits per heavy atom. The second-order valence-corrected chi connectivity index (χ2v) is 6.85. The van der Waals surface area contributed by atoms with E-state index in [9.17, 15) is 9.59 Å². The van der Waals surface area contributed by atoms with Gasteiger partial charge in [0.1, 0.15) is 5.82 Å². The van der Waals surface area contributed by atoms with Crippen LogP contribution in [0.5, 0.6) is 0 Å².